The van der Waals surface area contributed by atoms with Crippen LogP contribution in [0.25, 0.3) is 20.2 Å². The van der Waals surface area contributed by atoms with Gasteiger partial charge < -0.3 is 19.9 Å². The quantitative estimate of drug-likeness (QED) is 0.244. The molecule has 4 atom stereocenters. The summed E-state index contributed by atoms with van der Waals surface area (Å²) in [5.74, 6) is 1.49. The molecule has 4 heterocycles. The molecule has 4 aromatic rings. The van der Waals surface area contributed by atoms with Crippen LogP contribution in [0.5, 0.6) is 0 Å². The van der Waals surface area contributed by atoms with Crippen molar-refractivity contribution < 1.29 is 9.53 Å². The number of anilines is 1. The SMILES string of the molecule is CC(C)(C)OC(=O)N1CC2CC2(c2cc3cc(Br)ccc3s2)C1.CN(C)c1ccc2sc(C34CNCC3C4)cc2c1. The van der Waals surface area contributed by atoms with E-state index in [4.69, 9.17) is 4.74 Å². The number of hydrogen-bond acceptors (Lipinski definition) is 6. The molecule has 2 saturated carbocycles. The highest BCUT2D eigenvalue weighted by Crippen LogP contribution is 2.61. The third-order valence-electron chi connectivity index (χ3n) is 9.34. The van der Waals surface area contributed by atoms with E-state index >= 15 is 0 Å². The molecule has 2 aliphatic carbocycles. The number of nitrogens with zero attached hydrogens (tertiary/aromatic N) is 2. The zero-order valence-corrected chi connectivity index (χ0v) is 27.6. The maximum Gasteiger partial charge on any atom is 0.410 e. The number of hydrogen-bond donors (Lipinski definition) is 1. The molecule has 2 aliphatic heterocycles. The van der Waals surface area contributed by atoms with Crippen LogP contribution in [-0.4, -0.2) is 56.9 Å². The van der Waals surface area contributed by atoms with Gasteiger partial charge in [0.25, 0.3) is 0 Å². The van der Waals surface area contributed by atoms with E-state index in [1.807, 2.05) is 48.3 Å². The molecule has 0 radical (unpaired) electrons. The fourth-order valence-corrected chi connectivity index (χ4v) is 9.88. The number of halogens is 1. The fraction of sp³-hybridized carbons (Fsp3) is 0.485. The summed E-state index contributed by atoms with van der Waals surface area (Å²) in [4.78, 5) is 19.4. The lowest BCUT2D eigenvalue weighted by molar-refractivity contribution is 0.0270. The molecule has 0 bridgehead atoms. The van der Waals surface area contributed by atoms with Gasteiger partial charge in [-0.05, 0) is 111 Å². The number of amides is 1. The number of rotatable bonds is 3. The molecule has 216 valence electrons. The Morgan fingerprint density at radius 2 is 1.63 bits per heavy atom. The van der Waals surface area contributed by atoms with E-state index in [0.29, 0.717) is 11.3 Å². The molecular formula is C33H38BrN3O2S2. The van der Waals surface area contributed by atoms with Gasteiger partial charge in [-0.15, -0.1) is 22.7 Å². The second-order valence-electron chi connectivity index (χ2n) is 13.6. The van der Waals surface area contributed by atoms with E-state index in [2.05, 4.69) is 88.8 Å². The van der Waals surface area contributed by atoms with Crippen molar-refractivity contribution in [3.63, 3.8) is 0 Å². The van der Waals surface area contributed by atoms with E-state index in [1.165, 1.54) is 56.7 Å². The predicted molar refractivity (Wildman–Crippen MR) is 176 cm³/mol. The summed E-state index contributed by atoms with van der Waals surface area (Å²) in [5, 5.41) is 6.23. The first-order chi connectivity index (χ1) is 19.5. The summed E-state index contributed by atoms with van der Waals surface area (Å²) in [7, 11) is 4.20. The highest BCUT2D eigenvalue weighted by Gasteiger charge is 2.63. The second kappa shape index (κ2) is 9.69. The lowest BCUT2D eigenvalue weighted by Gasteiger charge is -2.26. The van der Waals surface area contributed by atoms with Gasteiger partial charge in [-0.25, -0.2) is 4.79 Å². The first-order valence-electron chi connectivity index (χ1n) is 14.6. The number of ether oxygens (including phenoxy) is 1. The summed E-state index contributed by atoms with van der Waals surface area (Å²) >= 11 is 7.41. The molecule has 2 aromatic heterocycles. The summed E-state index contributed by atoms with van der Waals surface area (Å²) in [6, 6.07) is 18.0. The minimum atomic E-state index is -0.430. The molecule has 0 spiro atoms. The summed E-state index contributed by atoms with van der Waals surface area (Å²) < 4.78 is 9.39. The number of carbonyl (C=O) groups excluding carboxylic acids is 1. The zero-order valence-electron chi connectivity index (χ0n) is 24.4. The molecule has 4 fully saturated rings. The van der Waals surface area contributed by atoms with E-state index in [-0.39, 0.29) is 11.5 Å². The highest BCUT2D eigenvalue weighted by atomic mass is 79.9. The largest absolute Gasteiger partial charge is 0.444 e. The van der Waals surface area contributed by atoms with E-state index in [1.54, 1.807) is 4.88 Å². The minimum absolute atomic E-state index is 0.173. The zero-order chi connectivity index (χ0) is 28.7. The Bertz CT molecular complexity index is 1660. The van der Waals surface area contributed by atoms with E-state index in [9.17, 15) is 4.79 Å². The number of carbonyl (C=O) groups is 1. The number of likely N-dealkylation sites (tertiary alicyclic amines) is 1. The van der Waals surface area contributed by atoms with Gasteiger partial charge >= 0.3 is 6.09 Å². The predicted octanol–water partition coefficient (Wildman–Crippen LogP) is 8.00. The van der Waals surface area contributed by atoms with Crippen LogP contribution in [0.15, 0.2) is 53.0 Å². The molecule has 1 amide bonds. The Labute approximate surface area is 259 Å². The van der Waals surface area contributed by atoms with Gasteiger partial charge in [-0.3, -0.25) is 0 Å². The van der Waals surface area contributed by atoms with Crippen molar-refractivity contribution in [3.05, 3.63) is 62.8 Å². The van der Waals surface area contributed by atoms with Crippen molar-refractivity contribution in [1.82, 2.24) is 10.2 Å². The lowest BCUT2D eigenvalue weighted by atomic mass is 10.0. The van der Waals surface area contributed by atoms with Gasteiger partial charge in [-0.2, -0.15) is 0 Å². The van der Waals surface area contributed by atoms with E-state index in [0.717, 1.165) is 23.5 Å². The fourth-order valence-electron chi connectivity index (χ4n) is 6.87. The van der Waals surface area contributed by atoms with Gasteiger partial charge in [0.05, 0.1) is 0 Å². The molecule has 4 unspecified atom stereocenters. The highest BCUT2D eigenvalue weighted by molar-refractivity contribution is 9.10. The topological polar surface area (TPSA) is 44.8 Å². The molecule has 2 saturated heterocycles. The second-order valence-corrected chi connectivity index (χ2v) is 16.7. The Morgan fingerprint density at radius 3 is 2.27 bits per heavy atom. The average molecular weight is 653 g/mol. The van der Waals surface area contributed by atoms with Crippen LogP contribution in [0, 0.1) is 11.8 Å². The van der Waals surface area contributed by atoms with Crippen molar-refractivity contribution in [2.75, 3.05) is 45.2 Å². The van der Waals surface area contributed by atoms with Crippen LogP contribution < -0.4 is 10.2 Å². The van der Waals surface area contributed by atoms with Gasteiger partial charge in [0.2, 0.25) is 0 Å². The minimum Gasteiger partial charge on any atom is -0.444 e. The summed E-state index contributed by atoms with van der Waals surface area (Å²) in [6.07, 6.45) is 2.42. The molecule has 4 aliphatic rings. The Morgan fingerprint density at radius 1 is 0.976 bits per heavy atom. The molecule has 8 heteroatoms. The normalized spacial score (nSPS) is 27.8. The van der Waals surface area contributed by atoms with Crippen molar-refractivity contribution in [3.8, 4) is 0 Å². The van der Waals surface area contributed by atoms with Crippen molar-refractivity contribution >= 4 is 70.6 Å². The monoisotopic (exact) mass is 651 g/mol. The number of piperidine rings is 2. The smallest absolute Gasteiger partial charge is 0.410 e. The maximum atomic E-state index is 12.3. The van der Waals surface area contributed by atoms with Crippen LogP contribution in [-0.2, 0) is 15.6 Å². The number of nitrogens with one attached hydrogen (secondary N) is 1. The van der Waals surface area contributed by atoms with Crippen LogP contribution in [0.4, 0.5) is 10.5 Å². The molecule has 5 nitrogen and oxygen atoms in total. The maximum absolute atomic E-state index is 12.3. The summed E-state index contributed by atoms with van der Waals surface area (Å²) in [6.45, 7) is 9.78. The first kappa shape index (κ1) is 27.7. The molecular weight excluding hydrogens is 614 g/mol. The number of thiophene rings is 2. The molecule has 41 heavy (non-hydrogen) atoms. The van der Waals surface area contributed by atoms with Crippen LogP contribution in [0.1, 0.15) is 43.4 Å². The van der Waals surface area contributed by atoms with Crippen molar-refractivity contribution in [1.29, 1.82) is 0 Å². The van der Waals surface area contributed by atoms with E-state index < -0.39 is 5.60 Å². The average Bonchev–Trinajstić information content (AvgIpc) is 3.43. The summed E-state index contributed by atoms with van der Waals surface area (Å²) in [5.41, 5.74) is 1.54. The van der Waals surface area contributed by atoms with Gasteiger partial charge in [0, 0.05) is 73.9 Å². The third-order valence-corrected chi connectivity index (χ3v) is 12.5. The Kier molecular flexibility index (Phi) is 6.55. The van der Waals surface area contributed by atoms with Crippen LogP contribution in [0.2, 0.25) is 0 Å². The van der Waals surface area contributed by atoms with Crippen molar-refractivity contribution in [2.24, 2.45) is 11.8 Å². The molecule has 2 aromatic carbocycles. The number of fused-ring (bicyclic) bond motifs is 4. The standard InChI is InChI=1S/C18H20BrNO2S.C15H18N2S/c1-17(2,3)22-16(21)20-9-12-8-18(12,10-20)15-7-11-6-13(19)4-5-14(11)23-15;1-17(2)12-3-4-13-10(5-12)6-14(18-13)15-7-11(15)8-16-9-15/h4-7,12H,8-10H2,1-3H3;3-6,11,16H,7-9H2,1-2H3. The van der Waals surface area contributed by atoms with Crippen LogP contribution >= 0.6 is 38.6 Å². The first-order valence-corrected chi connectivity index (χ1v) is 17.0. The lowest BCUT2D eigenvalue weighted by Crippen LogP contribution is -2.37. The number of benzene rings is 2. The third kappa shape index (κ3) is 4.98. The van der Waals surface area contributed by atoms with Gasteiger partial charge in [0.15, 0.2) is 0 Å². The van der Waals surface area contributed by atoms with Crippen molar-refractivity contribution in [2.45, 2.75) is 50.0 Å². The van der Waals surface area contributed by atoms with Crippen LogP contribution in [0.3, 0.4) is 0 Å². The Balaban J connectivity index is 0.000000139. The molecule has 1 N–H and O–H groups in total. The van der Waals surface area contributed by atoms with Gasteiger partial charge in [-0.1, -0.05) is 15.9 Å². The molecule has 8 rings (SSSR count). The Hall–Kier alpha value is -2.13. The van der Waals surface area contributed by atoms with Gasteiger partial charge in [0.1, 0.15) is 5.60 Å².